The first-order valence-corrected chi connectivity index (χ1v) is 5.70. The van der Waals surface area contributed by atoms with Gasteiger partial charge in [-0.1, -0.05) is 6.92 Å². The van der Waals surface area contributed by atoms with Gasteiger partial charge in [-0.25, -0.2) is 4.98 Å². The van der Waals surface area contributed by atoms with Gasteiger partial charge >= 0.3 is 6.18 Å². The molecule has 6 heteroatoms. The Morgan fingerprint density at radius 2 is 2.18 bits per heavy atom. The van der Waals surface area contributed by atoms with E-state index in [0.717, 1.165) is 12.1 Å². The minimum Gasteiger partial charge on any atom is -0.336 e. The Morgan fingerprint density at radius 3 is 2.65 bits per heavy atom. The van der Waals surface area contributed by atoms with Gasteiger partial charge in [0.2, 0.25) is 0 Å². The Morgan fingerprint density at radius 1 is 1.47 bits per heavy atom. The second-order valence-electron chi connectivity index (χ2n) is 4.09. The zero-order chi connectivity index (χ0) is 12.9. The molecule has 0 fully saturated rings. The van der Waals surface area contributed by atoms with Crippen LogP contribution in [0.3, 0.4) is 0 Å². The molecule has 0 saturated carbocycles. The molecule has 0 saturated heterocycles. The molecule has 1 rings (SSSR count). The average molecular weight is 249 g/mol. The summed E-state index contributed by atoms with van der Waals surface area (Å²) < 4.78 is 38.4. The van der Waals surface area contributed by atoms with Crippen LogP contribution in [-0.4, -0.2) is 22.3 Å². The number of halogens is 3. The molecule has 0 spiro atoms. The topological polar surface area (TPSA) is 29.9 Å². The minimum atomic E-state index is -4.11. The summed E-state index contributed by atoms with van der Waals surface area (Å²) in [5, 5.41) is 3.12. The van der Waals surface area contributed by atoms with Crippen LogP contribution in [-0.2, 0) is 7.05 Å². The number of nitrogens with zero attached hydrogens (tertiary/aromatic N) is 2. The van der Waals surface area contributed by atoms with Gasteiger partial charge in [-0.3, -0.25) is 0 Å². The van der Waals surface area contributed by atoms with E-state index in [-0.39, 0.29) is 12.5 Å². The Bertz CT molecular complexity index is 333. The van der Waals surface area contributed by atoms with Gasteiger partial charge in [-0.15, -0.1) is 0 Å². The highest BCUT2D eigenvalue weighted by atomic mass is 19.4. The molecule has 0 aliphatic carbocycles. The summed E-state index contributed by atoms with van der Waals surface area (Å²) in [4.78, 5) is 3.94. The van der Waals surface area contributed by atoms with E-state index in [0.29, 0.717) is 6.54 Å². The van der Waals surface area contributed by atoms with Crippen LogP contribution in [0.5, 0.6) is 0 Å². The summed E-state index contributed by atoms with van der Waals surface area (Å²) in [5.74, 6) is 0. The first-order chi connectivity index (χ1) is 7.94. The zero-order valence-electron chi connectivity index (χ0n) is 10.1. The summed E-state index contributed by atoms with van der Waals surface area (Å²) in [6, 6.07) is -0.288. The molecule has 0 aliphatic rings. The predicted octanol–water partition coefficient (Wildman–Crippen LogP) is 2.80. The molecule has 0 aromatic carbocycles. The van der Waals surface area contributed by atoms with E-state index in [4.69, 9.17) is 0 Å². The highest BCUT2D eigenvalue weighted by Crippen LogP contribution is 2.27. The van der Waals surface area contributed by atoms with E-state index in [9.17, 15) is 13.2 Å². The van der Waals surface area contributed by atoms with Crippen molar-refractivity contribution in [1.29, 1.82) is 0 Å². The molecule has 1 aromatic heterocycles. The summed E-state index contributed by atoms with van der Waals surface area (Å²) in [7, 11) is 1.79. The molecule has 0 bridgehead atoms. The van der Waals surface area contributed by atoms with Crippen molar-refractivity contribution in [2.75, 3.05) is 6.54 Å². The molecule has 1 heterocycles. The fourth-order valence-corrected chi connectivity index (χ4v) is 1.68. The number of aromatic nitrogens is 2. The molecule has 0 amide bonds. The van der Waals surface area contributed by atoms with Crippen LogP contribution in [0.1, 0.15) is 37.9 Å². The number of aryl methyl sites for hydroxylation is 1. The van der Waals surface area contributed by atoms with Crippen molar-refractivity contribution in [3.05, 3.63) is 18.2 Å². The fourth-order valence-electron chi connectivity index (χ4n) is 1.68. The molecule has 98 valence electrons. The third-order valence-corrected chi connectivity index (χ3v) is 2.57. The minimum absolute atomic E-state index is 0.0447. The molecule has 0 radical (unpaired) electrons. The monoisotopic (exact) mass is 249 g/mol. The molecule has 3 nitrogen and oxygen atoms in total. The lowest BCUT2D eigenvalue weighted by Crippen LogP contribution is -2.25. The standard InChI is InChI=1S/C11H18F3N3/c1-3-6-16-9(4-5-11(12,13)14)10-7-15-8-17(10)2/h7-9,16H,3-6H2,1-2H3. The van der Waals surface area contributed by atoms with Crippen molar-refractivity contribution in [3.8, 4) is 0 Å². The van der Waals surface area contributed by atoms with Crippen molar-refractivity contribution in [1.82, 2.24) is 14.9 Å². The summed E-state index contributed by atoms with van der Waals surface area (Å²) in [6.45, 7) is 2.69. The van der Waals surface area contributed by atoms with Crippen LogP contribution in [0.25, 0.3) is 0 Å². The molecule has 1 atom stereocenters. The van der Waals surface area contributed by atoms with Crippen molar-refractivity contribution in [3.63, 3.8) is 0 Å². The van der Waals surface area contributed by atoms with Gasteiger partial charge in [0.1, 0.15) is 0 Å². The zero-order valence-corrected chi connectivity index (χ0v) is 10.1. The molecular formula is C11H18F3N3. The maximum absolute atomic E-state index is 12.2. The van der Waals surface area contributed by atoms with Gasteiger partial charge in [-0.2, -0.15) is 13.2 Å². The van der Waals surface area contributed by atoms with Gasteiger partial charge in [0.25, 0.3) is 0 Å². The van der Waals surface area contributed by atoms with Crippen LogP contribution >= 0.6 is 0 Å². The summed E-state index contributed by atoms with van der Waals surface area (Å²) in [6.07, 6.45) is -0.735. The first kappa shape index (κ1) is 14.0. The Labute approximate surface area is 99.0 Å². The maximum atomic E-state index is 12.2. The molecule has 0 aliphatic heterocycles. The van der Waals surface area contributed by atoms with Gasteiger partial charge in [-0.05, 0) is 19.4 Å². The van der Waals surface area contributed by atoms with E-state index in [1.807, 2.05) is 6.92 Å². The molecule has 17 heavy (non-hydrogen) atoms. The maximum Gasteiger partial charge on any atom is 0.389 e. The third-order valence-electron chi connectivity index (χ3n) is 2.57. The van der Waals surface area contributed by atoms with Gasteiger partial charge in [0, 0.05) is 25.7 Å². The highest BCUT2D eigenvalue weighted by molar-refractivity contribution is 5.04. The van der Waals surface area contributed by atoms with E-state index in [2.05, 4.69) is 10.3 Å². The van der Waals surface area contributed by atoms with Crippen molar-refractivity contribution in [2.24, 2.45) is 7.05 Å². The summed E-state index contributed by atoms with van der Waals surface area (Å²) in [5.41, 5.74) is 0.794. The fraction of sp³-hybridized carbons (Fsp3) is 0.727. The quantitative estimate of drug-likeness (QED) is 0.840. The lowest BCUT2D eigenvalue weighted by molar-refractivity contribution is -0.136. The van der Waals surface area contributed by atoms with E-state index in [1.54, 1.807) is 24.1 Å². The smallest absolute Gasteiger partial charge is 0.336 e. The number of hydrogen-bond acceptors (Lipinski definition) is 2. The van der Waals surface area contributed by atoms with Crippen LogP contribution < -0.4 is 5.32 Å². The Kier molecular flexibility index (Phi) is 4.99. The van der Waals surface area contributed by atoms with E-state index in [1.165, 1.54) is 0 Å². The number of rotatable bonds is 6. The van der Waals surface area contributed by atoms with Crippen molar-refractivity contribution >= 4 is 0 Å². The van der Waals surface area contributed by atoms with Crippen molar-refractivity contribution in [2.45, 2.75) is 38.4 Å². The number of alkyl halides is 3. The van der Waals surface area contributed by atoms with E-state index < -0.39 is 12.6 Å². The Balaban J connectivity index is 2.64. The first-order valence-electron chi connectivity index (χ1n) is 5.70. The normalized spacial score (nSPS) is 13.9. The lowest BCUT2D eigenvalue weighted by Gasteiger charge is -2.19. The van der Waals surface area contributed by atoms with Crippen LogP contribution in [0.4, 0.5) is 13.2 Å². The van der Waals surface area contributed by atoms with Crippen molar-refractivity contribution < 1.29 is 13.2 Å². The summed E-state index contributed by atoms with van der Waals surface area (Å²) >= 11 is 0. The molecule has 1 unspecified atom stereocenters. The largest absolute Gasteiger partial charge is 0.389 e. The SMILES string of the molecule is CCCNC(CCC(F)(F)F)c1cncn1C. The lowest BCUT2D eigenvalue weighted by atomic mass is 10.1. The predicted molar refractivity (Wildman–Crippen MR) is 59.5 cm³/mol. The second-order valence-corrected chi connectivity index (χ2v) is 4.09. The average Bonchev–Trinajstić information content (AvgIpc) is 2.63. The number of nitrogens with one attached hydrogen (secondary N) is 1. The van der Waals surface area contributed by atoms with Gasteiger partial charge < -0.3 is 9.88 Å². The highest BCUT2D eigenvalue weighted by Gasteiger charge is 2.29. The van der Waals surface area contributed by atoms with Crippen LogP contribution in [0.2, 0.25) is 0 Å². The molecule has 1 aromatic rings. The molecular weight excluding hydrogens is 231 g/mol. The third kappa shape index (κ3) is 4.77. The number of hydrogen-bond donors (Lipinski definition) is 1. The van der Waals surface area contributed by atoms with Crippen LogP contribution in [0, 0.1) is 0 Å². The van der Waals surface area contributed by atoms with Crippen LogP contribution in [0.15, 0.2) is 12.5 Å². The molecule has 1 N–H and O–H groups in total. The Hall–Kier alpha value is -1.04. The second kappa shape index (κ2) is 6.05. The van der Waals surface area contributed by atoms with Gasteiger partial charge in [0.15, 0.2) is 0 Å². The van der Waals surface area contributed by atoms with E-state index >= 15 is 0 Å². The van der Waals surface area contributed by atoms with Gasteiger partial charge in [0.05, 0.1) is 12.0 Å². The number of imidazole rings is 1.